The summed E-state index contributed by atoms with van der Waals surface area (Å²) in [5.74, 6) is 0.207. The fraction of sp³-hybridized carbons (Fsp3) is 0.600. The van der Waals surface area contributed by atoms with E-state index in [0.29, 0.717) is 6.54 Å². The van der Waals surface area contributed by atoms with E-state index in [1.807, 2.05) is 24.0 Å². The number of fused-ring (bicyclic) bond motifs is 2. The molecule has 102 valence electrons. The molecule has 1 saturated heterocycles. The zero-order valence-electron chi connectivity index (χ0n) is 12.1. The minimum Gasteiger partial charge on any atom is -0.315 e. The van der Waals surface area contributed by atoms with Crippen molar-refractivity contribution in [3.8, 4) is 0 Å². The summed E-state index contributed by atoms with van der Waals surface area (Å²) in [5, 5.41) is 3.33. The van der Waals surface area contributed by atoms with Crippen molar-refractivity contribution in [1.82, 2.24) is 10.3 Å². The van der Waals surface area contributed by atoms with Gasteiger partial charge in [0.15, 0.2) is 0 Å². The van der Waals surface area contributed by atoms with E-state index in [4.69, 9.17) is 4.98 Å². The van der Waals surface area contributed by atoms with Crippen LogP contribution in [0.25, 0.3) is 0 Å². The fourth-order valence-electron chi connectivity index (χ4n) is 3.25. The third-order valence-corrected chi connectivity index (χ3v) is 4.15. The minimum absolute atomic E-state index is 0.207. The number of carbonyl (C=O) groups excluding carboxylic acids is 1. The summed E-state index contributed by atoms with van der Waals surface area (Å²) >= 11 is 0. The number of nitrogens with zero attached hydrogens (tertiary/aromatic N) is 2. The highest BCUT2D eigenvalue weighted by Gasteiger charge is 2.55. The van der Waals surface area contributed by atoms with E-state index in [1.165, 1.54) is 0 Å². The number of amides is 1. The fourth-order valence-corrected chi connectivity index (χ4v) is 3.25. The SMILES string of the molecule is Cc1ccc2c(n1)C1(CCNC1)C(=O)N2C(C)(C)C. The van der Waals surface area contributed by atoms with Crippen LogP contribution in [-0.4, -0.2) is 29.5 Å². The van der Waals surface area contributed by atoms with Crippen molar-refractivity contribution in [2.75, 3.05) is 18.0 Å². The molecule has 0 saturated carbocycles. The van der Waals surface area contributed by atoms with E-state index in [1.54, 1.807) is 0 Å². The van der Waals surface area contributed by atoms with Crippen molar-refractivity contribution in [2.24, 2.45) is 0 Å². The first-order valence-corrected chi connectivity index (χ1v) is 6.90. The van der Waals surface area contributed by atoms with Crippen LogP contribution < -0.4 is 10.2 Å². The maximum absolute atomic E-state index is 13.0. The lowest BCUT2D eigenvalue weighted by atomic mass is 9.84. The largest absolute Gasteiger partial charge is 0.315 e. The second kappa shape index (κ2) is 3.79. The van der Waals surface area contributed by atoms with Crippen molar-refractivity contribution in [1.29, 1.82) is 0 Å². The van der Waals surface area contributed by atoms with Gasteiger partial charge in [0.2, 0.25) is 5.91 Å². The van der Waals surface area contributed by atoms with Gasteiger partial charge in [0.1, 0.15) is 5.41 Å². The number of rotatable bonds is 0. The molecule has 3 heterocycles. The smallest absolute Gasteiger partial charge is 0.241 e. The van der Waals surface area contributed by atoms with Crippen LogP contribution in [0.2, 0.25) is 0 Å². The molecular formula is C15H21N3O. The Morgan fingerprint density at radius 1 is 1.37 bits per heavy atom. The molecule has 2 aliphatic heterocycles. The minimum atomic E-state index is -0.436. The Morgan fingerprint density at radius 2 is 2.11 bits per heavy atom. The number of aromatic nitrogens is 1. The number of aryl methyl sites for hydroxylation is 1. The van der Waals surface area contributed by atoms with Crippen molar-refractivity contribution >= 4 is 11.6 Å². The second-order valence-electron chi connectivity index (χ2n) is 6.64. The van der Waals surface area contributed by atoms with Gasteiger partial charge in [-0.15, -0.1) is 0 Å². The predicted octanol–water partition coefficient (Wildman–Crippen LogP) is 1.77. The van der Waals surface area contributed by atoms with Gasteiger partial charge in [0.25, 0.3) is 0 Å². The van der Waals surface area contributed by atoms with Crippen LogP contribution in [0.3, 0.4) is 0 Å². The van der Waals surface area contributed by atoms with E-state index in [2.05, 4.69) is 26.1 Å². The van der Waals surface area contributed by atoms with Gasteiger partial charge in [0, 0.05) is 17.8 Å². The molecular weight excluding hydrogens is 238 g/mol. The number of carbonyl (C=O) groups is 1. The third kappa shape index (κ3) is 1.62. The molecule has 3 rings (SSSR count). The summed E-state index contributed by atoms with van der Waals surface area (Å²) < 4.78 is 0. The lowest BCUT2D eigenvalue weighted by molar-refractivity contribution is -0.123. The van der Waals surface area contributed by atoms with E-state index in [0.717, 1.165) is 30.0 Å². The first-order chi connectivity index (χ1) is 8.86. The Balaban J connectivity index is 2.23. The Hall–Kier alpha value is -1.42. The van der Waals surface area contributed by atoms with E-state index in [-0.39, 0.29) is 11.4 Å². The van der Waals surface area contributed by atoms with Crippen molar-refractivity contribution in [3.63, 3.8) is 0 Å². The van der Waals surface area contributed by atoms with Gasteiger partial charge in [-0.3, -0.25) is 9.78 Å². The van der Waals surface area contributed by atoms with Gasteiger partial charge in [-0.05, 0) is 52.8 Å². The van der Waals surface area contributed by atoms with Gasteiger partial charge in [-0.1, -0.05) is 0 Å². The van der Waals surface area contributed by atoms with E-state index in [9.17, 15) is 4.79 Å². The monoisotopic (exact) mass is 259 g/mol. The third-order valence-electron chi connectivity index (χ3n) is 4.15. The molecule has 0 radical (unpaired) electrons. The van der Waals surface area contributed by atoms with Gasteiger partial charge < -0.3 is 10.2 Å². The quantitative estimate of drug-likeness (QED) is 0.772. The summed E-state index contributed by atoms with van der Waals surface area (Å²) in [6.45, 7) is 9.82. The molecule has 1 N–H and O–H groups in total. The van der Waals surface area contributed by atoms with Gasteiger partial charge in [-0.2, -0.15) is 0 Å². The van der Waals surface area contributed by atoms with Crippen LogP contribution in [0, 0.1) is 6.92 Å². The molecule has 1 fully saturated rings. The van der Waals surface area contributed by atoms with Crippen LogP contribution in [0.5, 0.6) is 0 Å². The molecule has 19 heavy (non-hydrogen) atoms. The molecule has 4 heteroatoms. The van der Waals surface area contributed by atoms with Gasteiger partial charge in [0.05, 0.1) is 11.4 Å². The first-order valence-electron chi connectivity index (χ1n) is 6.90. The normalized spacial score (nSPS) is 26.3. The molecule has 1 unspecified atom stereocenters. The number of nitrogens with one attached hydrogen (secondary N) is 1. The first kappa shape index (κ1) is 12.6. The van der Waals surface area contributed by atoms with Crippen molar-refractivity contribution in [2.45, 2.75) is 45.1 Å². The maximum atomic E-state index is 13.0. The van der Waals surface area contributed by atoms with Crippen LogP contribution in [-0.2, 0) is 10.2 Å². The second-order valence-corrected chi connectivity index (χ2v) is 6.64. The molecule has 4 nitrogen and oxygen atoms in total. The molecule has 2 aliphatic rings. The molecule has 1 aromatic heterocycles. The van der Waals surface area contributed by atoms with Crippen LogP contribution in [0.4, 0.5) is 5.69 Å². The summed E-state index contributed by atoms with van der Waals surface area (Å²) in [6, 6.07) is 4.04. The zero-order valence-corrected chi connectivity index (χ0v) is 12.1. The van der Waals surface area contributed by atoms with Gasteiger partial charge >= 0.3 is 0 Å². The lowest BCUT2D eigenvalue weighted by Crippen LogP contribution is -2.50. The molecule has 1 aromatic rings. The van der Waals surface area contributed by atoms with E-state index >= 15 is 0 Å². The van der Waals surface area contributed by atoms with E-state index < -0.39 is 5.41 Å². The van der Waals surface area contributed by atoms with Gasteiger partial charge in [-0.25, -0.2) is 0 Å². The van der Waals surface area contributed by atoms with Crippen LogP contribution in [0.15, 0.2) is 12.1 Å². The van der Waals surface area contributed by atoms with Crippen LogP contribution in [0.1, 0.15) is 38.6 Å². The number of anilines is 1. The molecule has 1 atom stereocenters. The number of pyridine rings is 1. The standard InChI is InChI=1S/C15H21N3O/c1-10-5-6-11-12(17-10)15(7-8-16-9-15)13(19)18(11)14(2,3)4/h5-6,16H,7-9H2,1-4H3. The Labute approximate surface area is 114 Å². The highest BCUT2D eigenvalue weighted by molar-refractivity contribution is 6.08. The molecule has 0 aromatic carbocycles. The maximum Gasteiger partial charge on any atom is 0.241 e. The Bertz CT molecular complexity index is 539. The molecule has 0 bridgehead atoms. The predicted molar refractivity (Wildman–Crippen MR) is 75.4 cm³/mol. The Kier molecular flexibility index (Phi) is 2.52. The van der Waals surface area contributed by atoms with Crippen molar-refractivity contribution in [3.05, 3.63) is 23.5 Å². The highest BCUT2D eigenvalue weighted by Crippen LogP contribution is 2.46. The molecule has 1 spiro atoms. The summed E-state index contributed by atoms with van der Waals surface area (Å²) in [6.07, 6.45) is 0.849. The number of hydrogen-bond donors (Lipinski definition) is 1. The van der Waals surface area contributed by atoms with Crippen molar-refractivity contribution < 1.29 is 4.79 Å². The average molecular weight is 259 g/mol. The molecule has 0 aliphatic carbocycles. The summed E-state index contributed by atoms with van der Waals surface area (Å²) in [5.41, 5.74) is 2.29. The topological polar surface area (TPSA) is 45.2 Å². The highest BCUT2D eigenvalue weighted by atomic mass is 16.2. The Morgan fingerprint density at radius 3 is 2.68 bits per heavy atom. The zero-order chi connectivity index (χ0) is 13.8. The average Bonchev–Trinajstić information content (AvgIpc) is 2.87. The summed E-state index contributed by atoms with van der Waals surface area (Å²) in [4.78, 5) is 19.6. The summed E-state index contributed by atoms with van der Waals surface area (Å²) in [7, 11) is 0. The number of hydrogen-bond acceptors (Lipinski definition) is 3. The lowest BCUT2D eigenvalue weighted by Gasteiger charge is -2.33. The molecule has 1 amide bonds. The van der Waals surface area contributed by atoms with Crippen LogP contribution >= 0.6 is 0 Å².